The molecule has 0 atom stereocenters. The fraction of sp³-hybridized carbons (Fsp3) is 0.450. The summed E-state index contributed by atoms with van der Waals surface area (Å²) in [5.41, 5.74) is 5.82. The van der Waals surface area contributed by atoms with Crippen molar-refractivity contribution in [2.24, 2.45) is 5.41 Å². The zero-order valence-corrected chi connectivity index (χ0v) is 14.9. The first-order valence-electron chi connectivity index (χ1n) is 9.02. The predicted octanol–water partition coefficient (Wildman–Crippen LogP) is 2.81. The van der Waals surface area contributed by atoms with E-state index in [1.807, 2.05) is 18.2 Å². The molecule has 5 rings (SSSR count). The fourth-order valence-corrected chi connectivity index (χ4v) is 4.51. The van der Waals surface area contributed by atoms with E-state index in [1.165, 1.54) is 7.11 Å². The number of nitrogen functional groups attached to an aromatic ring is 1. The normalized spacial score (nSPS) is 27.3. The average Bonchev–Trinajstić information content (AvgIpc) is 2.67. The largest absolute Gasteiger partial charge is 0.469 e. The molecule has 3 N–H and O–H groups in total. The highest BCUT2D eigenvalue weighted by atomic mass is 16.5. The number of nitrogens with zero attached hydrogens (tertiary/aromatic N) is 1. The fourth-order valence-electron chi connectivity index (χ4n) is 4.51. The van der Waals surface area contributed by atoms with Crippen LogP contribution in [0.5, 0.6) is 0 Å². The van der Waals surface area contributed by atoms with Crippen molar-refractivity contribution in [2.75, 3.05) is 12.8 Å². The third-order valence-corrected chi connectivity index (χ3v) is 6.25. The number of methoxy groups -OCH3 is 1. The molecule has 3 aliphatic rings. The third-order valence-electron chi connectivity index (χ3n) is 6.25. The van der Waals surface area contributed by atoms with Crippen molar-refractivity contribution in [3.05, 3.63) is 36.0 Å². The van der Waals surface area contributed by atoms with E-state index >= 15 is 0 Å². The summed E-state index contributed by atoms with van der Waals surface area (Å²) in [6, 6.07) is 7.33. The Morgan fingerprint density at radius 3 is 2.42 bits per heavy atom. The number of nitrogens with one attached hydrogen (secondary N) is 1. The monoisotopic (exact) mass is 353 g/mol. The Hall–Kier alpha value is -2.63. The molecule has 3 fully saturated rings. The summed E-state index contributed by atoms with van der Waals surface area (Å²) in [5.74, 6) is 0.264. The lowest BCUT2D eigenvalue weighted by Crippen LogP contribution is -2.58. The van der Waals surface area contributed by atoms with Gasteiger partial charge in [0, 0.05) is 22.7 Å². The Morgan fingerprint density at radius 1 is 1.08 bits per heavy atom. The van der Waals surface area contributed by atoms with Crippen LogP contribution in [-0.4, -0.2) is 29.5 Å². The van der Waals surface area contributed by atoms with Crippen molar-refractivity contribution in [1.29, 1.82) is 0 Å². The number of aromatic nitrogens is 1. The number of rotatable bonds is 3. The van der Waals surface area contributed by atoms with Gasteiger partial charge in [-0.25, -0.2) is 4.98 Å². The van der Waals surface area contributed by atoms with E-state index in [-0.39, 0.29) is 22.8 Å². The molecular formula is C20H23N3O3. The van der Waals surface area contributed by atoms with E-state index in [0.717, 1.165) is 49.3 Å². The highest BCUT2D eigenvalue weighted by Gasteiger charge is 2.53. The van der Waals surface area contributed by atoms with Gasteiger partial charge in [0.05, 0.1) is 12.5 Å². The van der Waals surface area contributed by atoms with Gasteiger partial charge in [-0.15, -0.1) is 0 Å². The Morgan fingerprint density at radius 2 is 1.77 bits per heavy atom. The zero-order valence-electron chi connectivity index (χ0n) is 14.9. The standard InChI is InChI=1S/C20H23N3O3/c1-26-18(25)19-4-7-20(8-5-19,9-6-19)23-17(24)13-2-3-14-12-22-16(21)11-15(14)10-13/h2-3,10-12H,4-9H2,1H3,(H2,21,22)(H,23,24). The second-order valence-corrected chi connectivity index (χ2v) is 7.68. The van der Waals surface area contributed by atoms with E-state index in [2.05, 4.69) is 10.3 Å². The van der Waals surface area contributed by atoms with Crippen LogP contribution in [0.4, 0.5) is 5.82 Å². The van der Waals surface area contributed by atoms with Gasteiger partial charge in [0.15, 0.2) is 0 Å². The molecule has 6 heteroatoms. The molecule has 3 aliphatic carbocycles. The van der Waals surface area contributed by atoms with Crippen LogP contribution in [-0.2, 0) is 9.53 Å². The summed E-state index contributed by atoms with van der Waals surface area (Å²) < 4.78 is 5.00. The predicted molar refractivity (Wildman–Crippen MR) is 98.5 cm³/mol. The lowest BCUT2D eigenvalue weighted by molar-refractivity contribution is -0.160. The van der Waals surface area contributed by atoms with E-state index < -0.39 is 0 Å². The first-order valence-corrected chi connectivity index (χ1v) is 9.02. The SMILES string of the molecule is COC(=O)C12CCC(NC(=O)c3ccc4cnc(N)cc4c3)(CC1)CC2. The van der Waals surface area contributed by atoms with Crippen molar-refractivity contribution in [3.63, 3.8) is 0 Å². The van der Waals surface area contributed by atoms with Gasteiger partial charge < -0.3 is 15.8 Å². The summed E-state index contributed by atoms with van der Waals surface area (Å²) in [5, 5.41) is 5.11. The Bertz CT molecular complexity index is 868. The van der Waals surface area contributed by atoms with Crippen LogP contribution in [0.3, 0.4) is 0 Å². The van der Waals surface area contributed by atoms with E-state index in [4.69, 9.17) is 10.5 Å². The number of ether oxygens (including phenoxy) is 1. The maximum Gasteiger partial charge on any atom is 0.311 e. The minimum absolute atomic E-state index is 0.0743. The lowest BCUT2D eigenvalue weighted by atomic mass is 9.57. The number of anilines is 1. The number of hydrogen-bond acceptors (Lipinski definition) is 5. The van der Waals surface area contributed by atoms with Crippen LogP contribution >= 0.6 is 0 Å². The Balaban J connectivity index is 1.52. The molecular weight excluding hydrogens is 330 g/mol. The first-order chi connectivity index (χ1) is 12.5. The minimum Gasteiger partial charge on any atom is -0.469 e. The topological polar surface area (TPSA) is 94.3 Å². The maximum absolute atomic E-state index is 12.8. The molecule has 26 heavy (non-hydrogen) atoms. The average molecular weight is 353 g/mol. The minimum atomic E-state index is -0.339. The summed E-state index contributed by atoms with van der Waals surface area (Å²) in [6.07, 6.45) is 6.49. The Labute approximate surface area is 152 Å². The molecule has 0 aliphatic heterocycles. The van der Waals surface area contributed by atoms with Gasteiger partial charge in [0.25, 0.3) is 5.91 Å². The number of carbonyl (C=O) groups excluding carboxylic acids is 2. The van der Waals surface area contributed by atoms with Gasteiger partial charge in [0.2, 0.25) is 0 Å². The maximum atomic E-state index is 12.8. The summed E-state index contributed by atoms with van der Waals surface area (Å²) in [6.45, 7) is 0. The molecule has 1 aromatic carbocycles. The third kappa shape index (κ3) is 2.69. The van der Waals surface area contributed by atoms with Crippen molar-refractivity contribution in [3.8, 4) is 0 Å². The molecule has 3 saturated carbocycles. The quantitative estimate of drug-likeness (QED) is 0.828. The first kappa shape index (κ1) is 16.8. The second kappa shape index (κ2) is 5.97. The van der Waals surface area contributed by atoms with Crippen LogP contribution in [0.15, 0.2) is 30.5 Å². The van der Waals surface area contributed by atoms with Gasteiger partial charge in [-0.2, -0.15) is 0 Å². The summed E-state index contributed by atoms with van der Waals surface area (Å²) in [7, 11) is 1.46. The number of hydrogen-bond donors (Lipinski definition) is 2. The second-order valence-electron chi connectivity index (χ2n) is 7.68. The number of nitrogens with two attached hydrogens (primary N) is 1. The molecule has 0 radical (unpaired) electrons. The number of fused-ring (bicyclic) bond motifs is 4. The summed E-state index contributed by atoms with van der Waals surface area (Å²) >= 11 is 0. The smallest absolute Gasteiger partial charge is 0.311 e. The van der Waals surface area contributed by atoms with Crippen LogP contribution < -0.4 is 11.1 Å². The molecule has 136 valence electrons. The number of pyridine rings is 1. The highest BCUT2D eigenvalue weighted by Crippen LogP contribution is 2.52. The van der Waals surface area contributed by atoms with Gasteiger partial charge in [0.1, 0.15) is 5.82 Å². The molecule has 1 heterocycles. The molecule has 2 bridgehead atoms. The molecule has 0 spiro atoms. The van der Waals surface area contributed by atoms with Gasteiger partial charge in [-0.05, 0) is 62.1 Å². The number of benzene rings is 1. The van der Waals surface area contributed by atoms with E-state index in [1.54, 1.807) is 12.3 Å². The van der Waals surface area contributed by atoms with E-state index in [9.17, 15) is 9.59 Å². The number of carbonyl (C=O) groups is 2. The van der Waals surface area contributed by atoms with Crippen LogP contribution in [0.2, 0.25) is 0 Å². The molecule has 0 unspecified atom stereocenters. The van der Waals surface area contributed by atoms with Crippen LogP contribution in [0, 0.1) is 5.41 Å². The summed E-state index contributed by atoms with van der Waals surface area (Å²) in [4.78, 5) is 29.0. The van der Waals surface area contributed by atoms with Crippen LogP contribution in [0.1, 0.15) is 48.9 Å². The number of esters is 1. The Kier molecular flexibility index (Phi) is 3.86. The molecule has 2 aromatic rings. The van der Waals surface area contributed by atoms with Crippen LogP contribution in [0.25, 0.3) is 10.8 Å². The molecule has 1 aromatic heterocycles. The lowest BCUT2D eigenvalue weighted by Gasteiger charge is -2.52. The molecule has 6 nitrogen and oxygen atoms in total. The van der Waals surface area contributed by atoms with Crippen molar-refractivity contribution in [1.82, 2.24) is 10.3 Å². The zero-order chi connectivity index (χ0) is 18.4. The molecule has 1 amide bonds. The van der Waals surface area contributed by atoms with Crippen molar-refractivity contribution in [2.45, 2.75) is 44.1 Å². The highest BCUT2D eigenvalue weighted by molar-refractivity contribution is 5.99. The van der Waals surface area contributed by atoms with Gasteiger partial charge >= 0.3 is 5.97 Å². The van der Waals surface area contributed by atoms with Gasteiger partial charge in [-0.3, -0.25) is 9.59 Å². The molecule has 0 saturated heterocycles. The number of amides is 1. The van der Waals surface area contributed by atoms with E-state index in [0.29, 0.717) is 11.4 Å². The van der Waals surface area contributed by atoms with Crippen molar-refractivity contribution < 1.29 is 14.3 Å². The van der Waals surface area contributed by atoms with Crippen molar-refractivity contribution >= 4 is 28.5 Å². The van der Waals surface area contributed by atoms with Gasteiger partial charge in [-0.1, -0.05) is 6.07 Å².